The lowest BCUT2D eigenvalue weighted by Crippen LogP contribution is -2.11. The molecule has 3 nitrogen and oxygen atoms in total. The standard InChI is InChI=1S/C12H12F2N2O/c1-2-15-6-8-7-16-17-12(8)11-9(13)4-3-5-10(11)14/h3-5,7,15H,2,6H2,1H3. The molecular formula is C12H12F2N2O. The van der Waals surface area contributed by atoms with Crippen LogP contribution in [0, 0.1) is 11.6 Å². The lowest BCUT2D eigenvalue weighted by atomic mass is 10.1. The van der Waals surface area contributed by atoms with Crippen molar-refractivity contribution in [2.24, 2.45) is 0 Å². The summed E-state index contributed by atoms with van der Waals surface area (Å²) in [6.45, 7) is 3.16. The zero-order valence-electron chi connectivity index (χ0n) is 9.34. The highest BCUT2D eigenvalue weighted by atomic mass is 19.1. The molecule has 1 aromatic heterocycles. The first-order valence-corrected chi connectivity index (χ1v) is 5.32. The largest absolute Gasteiger partial charge is 0.356 e. The second kappa shape index (κ2) is 5.05. The predicted molar refractivity (Wildman–Crippen MR) is 59.2 cm³/mol. The molecule has 0 unspecified atom stereocenters. The van der Waals surface area contributed by atoms with Gasteiger partial charge >= 0.3 is 0 Å². The zero-order chi connectivity index (χ0) is 12.3. The molecule has 0 spiro atoms. The van der Waals surface area contributed by atoms with E-state index in [4.69, 9.17) is 4.52 Å². The summed E-state index contributed by atoms with van der Waals surface area (Å²) in [6, 6.07) is 3.70. The SMILES string of the molecule is CCNCc1cnoc1-c1c(F)cccc1F. The average molecular weight is 238 g/mol. The molecule has 0 fully saturated rings. The normalized spacial score (nSPS) is 10.8. The summed E-state index contributed by atoms with van der Waals surface area (Å²) in [5, 5.41) is 6.64. The number of halogens is 2. The molecule has 5 heteroatoms. The van der Waals surface area contributed by atoms with Crippen molar-refractivity contribution in [1.29, 1.82) is 0 Å². The highest BCUT2D eigenvalue weighted by molar-refractivity contribution is 5.62. The van der Waals surface area contributed by atoms with Crippen molar-refractivity contribution in [2.45, 2.75) is 13.5 Å². The minimum Gasteiger partial charge on any atom is -0.356 e. The van der Waals surface area contributed by atoms with E-state index < -0.39 is 11.6 Å². The number of hydrogen-bond acceptors (Lipinski definition) is 3. The van der Waals surface area contributed by atoms with Crippen LogP contribution in [0.3, 0.4) is 0 Å². The van der Waals surface area contributed by atoms with Crippen molar-refractivity contribution in [2.75, 3.05) is 6.54 Å². The monoisotopic (exact) mass is 238 g/mol. The quantitative estimate of drug-likeness (QED) is 0.890. The highest BCUT2D eigenvalue weighted by Gasteiger charge is 2.18. The summed E-state index contributed by atoms with van der Waals surface area (Å²) in [7, 11) is 0. The minimum atomic E-state index is -0.653. The summed E-state index contributed by atoms with van der Waals surface area (Å²) in [6.07, 6.45) is 1.46. The lowest BCUT2D eigenvalue weighted by Gasteiger charge is -2.04. The number of benzene rings is 1. The van der Waals surface area contributed by atoms with Crippen LogP contribution in [0.25, 0.3) is 11.3 Å². The van der Waals surface area contributed by atoms with Gasteiger partial charge in [-0.1, -0.05) is 18.1 Å². The smallest absolute Gasteiger partial charge is 0.177 e. The third-order valence-corrected chi connectivity index (χ3v) is 2.40. The van der Waals surface area contributed by atoms with Gasteiger partial charge < -0.3 is 9.84 Å². The zero-order valence-corrected chi connectivity index (χ0v) is 9.34. The molecule has 0 saturated carbocycles. The van der Waals surface area contributed by atoms with E-state index in [9.17, 15) is 8.78 Å². The topological polar surface area (TPSA) is 38.1 Å². The second-order valence-corrected chi connectivity index (χ2v) is 3.56. The van der Waals surface area contributed by atoms with E-state index in [-0.39, 0.29) is 11.3 Å². The molecule has 2 aromatic rings. The van der Waals surface area contributed by atoms with Gasteiger partial charge in [0.2, 0.25) is 0 Å². The van der Waals surface area contributed by atoms with E-state index in [1.165, 1.54) is 24.4 Å². The average Bonchev–Trinajstić information content (AvgIpc) is 2.74. The Hall–Kier alpha value is -1.75. The molecule has 0 bridgehead atoms. The van der Waals surface area contributed by atoms with Crippen LogP contribution in [-0.4, -0.2) is 11.7 Å². The van der Waals surface area contributed by atoms with E-state index in [1.54, 1.807) is 0 Å². The van der Waals surface area contributed by atoms with E-state index in [2.05, 4.69) is 10.5 Å². The number of nitrogens with zero attached hydrogens (tertiary/aromatic N) is 1. The minimum absolute atomic E-state index is 0.140. The van der Waals surface area contributed by atoms with Crippen LogP contribution < -0.4 is 5.32 Å². The molecule has 0 aliphatic rings. The number of nitrogens with one attached hydrogen (secondary N) is 1. The van der Waals surface area contributed by atoms with Crippen molar-refractivity contribution in [1.82, 2.24) is 10.5 Å². The van der Waals surface area contributed by atoms with Crippen LogP contribution in [0.15, 0.2) is 28.9 Å². The molecule has 0 radical (unpaired) electrons. The maximum atomic E-state index is 13.6. The molecule has 0 amide bonds. The molecule has 1 heterocycles. The lowest BCUT2D eigenvalue weighted by molar-refractivity contribution is 0.425. The van der Waals surface area contributed by atoms with E-state index >= 15 is 0 Å². The third kappa shape index (κ3) is 2.34. The number of rotatable bonds is 4. The van der Waals surface area contributed by atoms with Gasteiger partial charge in [-0.2, -0.15) is 0 Å². The summed E-state index contributed by atoms with van der Waals surface area (Å²) in [5.41, 5.74) is 0.466. The van der Waals surface area contributed by atoms with Gasteiger partial charge in [-0.15, -0.1) is 0 Å². The maximum absolute atomic E-state index is 13.6. The molecule has 1 aromatic carbocycles. The van der Waals surface area contributed by atoms with Crippen molar-refractivity contribution in [3.63, 3.8) is 0 Å². The maximum Gasteiger partial charge on any atom is 0.177 e. The van der Waals surface area contributed by atoms with Gasteiger partial charge in [0.25, 0.3) is 0 Å². The van der Waals surface area contributed by atoms with Gasteiger partial charge in [-0.25, -0.2) is 8.78 Å². The summed E-state index contributed by atoms with van der Waals surface area (Å²) < 4.78 is 32.1. The Kier molecular flexibility index (Phi) is 3.49. The van der Waals surface area contributed by atoms with Gasteiger partial charge in [0.1, 0.15) is 11.6 Å². The number of hydrogen-bond donors (Lipinski definition) is 1. The van der Waals surface area contributed by atoms with Crippen LogP contribution in [0.2, 0.25) is 0 Å². The predicted octanol–water partition coefficient (Wildman–Crippen LogP) is 2.73. The van der Waals surface area contributed by atoms with Crippen LogP contribution >= 0.6 is 0 Å². The molecule has 2 rings (SSSR count). The fraction of sp³-hybridized carbons (Fsp3) is 0.250. The van der Waals surface area contributed by atoms with Gasteiger partial charge in [0, 0.05) is 12.1 Å². The third-order valence-electron chi connectivity index (χ3n) is 2.40. The Morgan fingerprint density at radius 3 is 2.65 bits per heavy atom. The van der Waals surface area contributed by atoms with Crippen molar-refractivity contribution >= 4 is 0 Å². The van der Waals surface area contributed by atoms with Crippen molar-refractivity contribution in [3.8, 4) is 11.3 Å². The first-order valence-electron chi connectivity index (χ1n) is 5.32. The molecule has 0 aliphatic heterocycles. The Bertz CT molecular complexity index is 491. The summed E-state index contributed by atoms with van der Waals surface area (Å²) >= 11 is 0. The van der Waals surface area contributed by atoms with Crippen LogP contribution in [-0.2, 0) is 6.54 Å². The van der Waals surface area contributed by atoms with Crippen LogP contribution in [0.1, 0.15) is 12.5 Å². The Labute approximate surface area is 97.4 Å². The Morgan fingerprint density at radius 2 is 2.00 bits per heavy atom. The van der Waals surface area contributed by atoms with Crippen molar-refractivity contribution < 1.29 is 13.3 Å². The molecular weight excluding hydrogens is 226 g/mol. The van der Waals surface area contributed by atoms with Gasteiger partial charge in [-0.05, 0) is 18.7 Å². The first-order chi connectivity index (χ1) is 8.24. The fourth-order valence-electron chi connectivity index (χ4n) is 1.57. The Balaban J connectivity index is 2.43. The van der Waals surface area contributed by atoms with Crippen LogP contribution in [0.4, 0.5) is 8.78 Å². The fourth-order valence-corrected chi connectivity index (χ4v) is 1.57. The van der Waals surface area contributed by atoms with Gasteiger partial charge in [0.05, 0.1) is 11.8 Å². The Morgan fingerprint density at radius 1 is 1.29 bits per heavy atom. The summed E-state index contributed by atoms with van der Waals surface area (Å²) in [5.74, 6) is -1.17. The van der Waals surface area contributed by atoms with E-state index in [0.717, 1.165) is 6.54 Å². The highest BCUT2D eigenvalue weighted by Crippen LogP contribution is 2.28. The van der Waals surface area contributed by atoms with Gasteiger partial charge in [-0.3, -0.25) is 0 Å². The molecule has 17 heavy (non-hydrogen) atoms. The first kappa shape index (κ1) is 11.7. The second-order valence-electron chi connectivity index (χ2n) is 3.56. The molecule has 0 saturated heterocycles. The number of aromatic nitrogens is 1. The molecule has 90 valence electrons. The van der Waals surface area contributed by atoms with Crippen molar-refractivity contribution in [3.05, 3.63) is 41.6 Å². The molecule has 0 atom stereocenters. The van der Waals surface area contributed by atoms with E-state index in [1.807, 2.05) is 6.92 Å². The molecule has 1 N–H and O–H groups in total. The van der Waals surface area contributed by atoms with Crippen LogP contribution in [0.5, 0.6) is 0 Å². The molecule has 0 aliphatic carbocycles. The van der Waals surface area contributed by atoms with E-state index in [0.29, 0.717) is 12.1 Å². The summed E-state index contributed by atoms with van der Waals surface area (Å²) in [4.78, 5) is 0. The van der Waals surface area contributed by atoms with Gasteiger partial charge in [0.15, 0.2) is 5.76 Å².